The molecule has 0 fully saturated rings. The maximum Gasteiger partial charge on any atom is 0.338 e. The summed E-state index contributed by atoms with van der Waals surface area (Å²) in [6.45, 7) is 0.436. The Balaban J connectivity index is 0.00000461. The van der Waals surface area contributed by atoms with Crippen molar-refractivity contribution in [2.24, 2.45) is 0 Å². The van der Waals surface area contributed by atoms with E-state index in [-0.39, 0.29) is 17.7 Å². The molecule has 5 aromatic rings. The van der Waals surface area contributed by atoms with Gasteiger partial charge in [-0.15, -0.1) is 0 Å². The van der Waals surface area contributed by atoms with Gasteiger partial charge in [0.1, 0.15) is 22.0 Å². The molecular formula is C35H31Cl2FN2O5. The number of nitrogens with one attached hydrogen (secondary N) is 2. The van der Waals surface area contributed by atoms with Gasteiger partial charge in [0.05, 0.1) is 25.5 Å². The van der Waals surface area contributed by atoms with E-state index >= 15 is 0 Å². The number of H-pyrrole nitrogens is 1. The van der Waals surface area contributed by atoms with Crippen LogP contribution in [0.4, 0.5) is 10.1 Å². The van der Waals surface area contributed by atoms with Crippen LogP contribution in [0.2, 0.25) is 10.0 Å². The quantitative estimate of drug-likeness (QED) is 0.145. The number of carbonyl (C=O) groups excluding carboxylic acids is 1. The van der Waals surface area contributed by atoms with Crippen molar-refractivity contribution < 1.29 is 33.9 Å². The van der Waals surface area contributed by atoms with Gasteiger partial charge in [0.25, 0.3) is 0 Å². The molecule has 0 unspecified atom stereocenters. The van der Waals surface area contributed by atoms with Crippen LogP contribution < -0.4 is 19.8 Å². The number of hydrogen-bond acceptors (Lipinski definition) is 6. The summed E-state index contributed by atoms with van der Waals surface area (Å²) in [4.78, 5) is 16.5. The molecule has 3 N–H and O–H groups in total. The van der Waals surface area contributed by atoms with E-state index in [1.165, 1.54) is 6.07 Å². The molecule has 45 heavy (non-hydrogen) atoms. The summed E-state index contributed by atoms with van der Waals surface area (Å²) < 4.78 is 31.0. The van der Waals surface area contributed by atoms with Crippen LogP contribution in [0.25, 0.3) is 11.1 Å². The van der Waals surface area contributed by atoms with Crippen LogP contribution in [-0.2, 0) is 17.7 Å². The number of anilines is 1. The number of halogens is 3. The number of aromatic nitrogens is 1. The predicted molar refractivity (Wildman–Crippen MR) is 172 cm³/mol. The van der Waals surface area contributed by atoms with Crippen LogP contribution in [0, 0.1) is 5.82 Å². The van der Waals surface area contributed by atoms with Gasteiger partial charge in [-0.2, -0.15) is 0 Å². The summed E-state index contributed by atoms with van der Waals surface area (Å²) in [7, 11) is 3.09. The molecule has 10 heteroatoms. The van der Waals surface area contributed by atoms with Gasteiger partial charge in [0.15, 0.2) is 23.9 Å². The molecule has 4 aromatic carbocycles. The van der Waals surface area contributed by atoms with E-state index in [9.17, 15) is 9.18 Å². The third-order valence-electron chi connectivity index (χ3n) is 7.13. The Kier molecular flexibility index (Phi) is 11.4. The molecular weight excluding hydrogens is 618 g/mol. The number of ether oxygens (including phenoxy) is 3. The molecule has 0 bridgehead atoms. The number of para-hydroxylation sites is 1. The van der Waals surface area contributed by atoms with Crippen molar-refractivity contribution in [3.8, 4) is 22.6 Å². The lowest BCUT2D eigenvalue weighted by Gasteiger charge is -2.21. The SMILES string of the molecule is COc1ccc([C@H](Cc2c(Cl)c[nH+]cc2Cl)OC(=O)c2cccc(-c3cccc(CNc4ccccc4F)c3)c2)cc1OC.[OH-]. The number of esters is 1. The summed E-state index contributed by atoms with van der Waals surface area (Å²) >= 11 is 12.9. The van der Waals surface area contributed by atoms with Crippen LogP contribution >= 0.6 is 23.2 Å². The highest BCUT2D eigenvalue weighted by molar-refractivity contribution is 6.35. The number of rotatable bonds is 11. The highest BCUT2D eigenvalue weighted by Crippen LogP contribution is 2.35. The fourth-order valence-electron chi connectivity index (χ4n) is 4.82. The van der Waals surface area contributed by atoms with Crippen molar-refractivity contribution in [3.63, 3.8) is 0 Å². The van der Waals surface area contributed by atoms with Crippen molar-refractivity contribution in [1.82, 2.24) is 0 Å². The van der Waals surface area contributed by atoms with Crippen molar-refractivity contribution in [2.45, 2.75) is 19.1 Å². The maximum atomic E-state index is 14.1. The van der Waals surface area contributed by atoms with Crippen LogP contribution in [0.1, 0.15) is 33.2 Å². The molecule has 0 saturated carbocycles. The lowest BCUT2D eigenvalue weighted by Crippen LogP contribution is -2.16. The molecule has 0 aliphatic heterocycles. The summed E-state index contributed by atoms with van der Waals surface area (Å²) in [5.74, 6) is 0.219. The maximum absolute atomic E-state index is 14.1. The van der Waals surface area contributed by atoms with Gasteiger partial charge in [0, 0.05) is 18.5 Å². The predicted octanol–water partition coefficient (Wildman–Crippen LogP) is 8.21. The number of carbonyl (C=O) groups is 1. The molecule has 1 aromatic heterocycles. The van der Waals surface area contributed by atoms with Gasteiger partial charge in [-0.05, 0) is 64.7 Å². The lowest BCUT2D eigenvalue weighted by atomic mass is 10.00. The molecule has 0 amide bonds. The molecule has 7 nitrogen and oxygen atoms in total. The minimum atomic E-state index is -0.740. The highest BCUT2D eigenvalue weighted by Gasteiger charge is 2.24. The number of hydrogen-bond donors (Lipinski definition) is 1. The van der Waals surface area contributed by atoms with Gasteiger partial charge in [-0.25, -0.2) is 14.2 Å². The van der Waals surface area contributed by atoms with E-state index in [0.717, 1.165) is 16.7 Å². The zero-order chi connectivity index (χ0) is 31.1. The molecule has 1 atom stereocenters. The average molecular weight is 650 g/mol. The van der Waals surface area contributed by atoms with E-state index in [1.54, 1.807) is 69.1 Å². The van der Waals surface area contributed by atoms with Gasteiger partial charge in [-0.1, -0.05) is 71.7 Å². The van der Waals surface area contributed by atoms with Gasteiger partial charge in [0.2, 0.25) is 0 Å². The van der Waals surface area contributed by atoms with Crippen LogP contribution in [0.3, 0.4) is 0 Å². The fraction of sp³-hybridized carbons (Fsp3) is 0.143. The van der Waals surface area contributed by atoms with E-state index in [4.69, 9.17) is 37.4 Å². The first-order valence-electron chi connectivity index (χ1n) is 13.8. The van der Waals surface area contributed by atoms with E-state index < -0.39 is 12.1 Å². The molecule has 0 aliphatic carbocycles. The first-order valence-corrected chi connectivity index (χ1v) is 14.6. The Morgan fingerprint density at radius 2 is 1.53 bits per heavy atom. The van der Waals surface area contributed by atoms with Crippen molar-refractivity contribution >= 4 is 34.9 Å². The van der Waals surface area contributed by atoms with Gasteiger partial charge in [-0.3, -0.25) is 0 Å². The number of pyridine rings is 1. The molecule has 0 aliphatic rings. The second-order valence-corrected chi connectivity index (χ2v) is 10.8. The molecule has 5 rings (SSSR count). The Morgan fingerprint density at radius 3 is 2.24 bits per heavy atom. The Hall–Kier alpha value is -4.63. The standard InChI is InChI=1S/C35H29Cl2FN2O4.H2O/c1-42-32-14-13-25(17-34(32)43-2)33(18-27-28(36)20-39-21-29(27)37)44-35(41)26-10-6-9-24(16-26)23-8-5-7-22(15-23)19-40-31-12-4-3-11-30(31)38;/h3-17,20-21,33,40H,18-19H2,1-2H3;1H2/t33-;/m0./s1. The number of aromatic amines is 1. The van der Waals surface area contributed by atoms with E-state index in [0.29, 0.717) is 50.5 Å². The largest absolute Gasteiger partial charge is 0.870 e. The Morgan fingerprint density at radius 1 is 0.844 bits per heavy atom. The van der Waals surface area contributed by atoms with Crippen LogP contribution in [0.15, 0.2) is 103 Å². The molecule has 232 valence electrons. The summed E-state index contributed by atoms with van der Waals surface area (Å²) in [6.07, 6.45) is 2.74. The van der Waals surface area contributed by atoms with Crippen LogP contribution in [-0.4, -0.2) is 25.7 Å². The zero-order valence-electron chi connectivity index (χ0n) is 24.5. The summed E-state index contributed by atoms with van der Waals surface area (Å²) in [5, 5.41) is 3.97. The summed E-state index contributed by atoms with van der Waals surface area (Å²) in [5.41, 5.74) is 4.82. The molecule has 0 radical (unpaired) electrons. The topological polar surface area (TPSA) is 101 Å². The zero-order valence-corrected chi connectivity index (χ0v) is 26.0. The van der Waals surface area contributed by atoms with Crippen molar-refractivity contribution in [2.75, 3.05) is 19.5 Å². The van der Waals surface area contributed by atoms with Gasteiger partial charge < -0.3 is 25.0 Å². The van der Waals surface area contributed by atoms with Gasteiger partial charge >= 0.3 is 5.97 Å². The monoisotopic (exact) mass is 648 g/mol. The number of benzene rings is 4. The normalized spacial score (nSPS) is 11.2. The lowest BCUT2D eigenvalue weighted by molar-refractivity contribution is -0.377. The minimum absolute atomic E-state index is 0. The smallest absolute Gasteiger partial charge is 0.338 e. The first-order chi connectivity index (χ1) is 21.4. The third kappa shape index (κ3) is 8.10. The van der Waals surface area contributed by atoms with Crippen molar-refractivity contribution in [1.29, 1.82) is 0 Å². The molecule has 0 spiro atoms. The van der Waals surface area contributed by atoms with E-state index in [1.807, 2.05) is 42.5 Å². The summed E-state index contributed by atoms with van der Waals surface area (Å²) in [6, 6.07) is 27.0. The average Bonchev–Trinajstić information content (AvgIpc) is 3.05. The Labute approximate surface area is 270 Å². The first kappa shape index (κ1) is 33.3. The van der Waals surface area contributed by atoms with E-state index in [2.05, 4.69) is 10.3 Å². The van der Waals surface area contributed by atoms with Crippen molar-refractivity contribution in [3.05, 3.63) is 142 Å². The molecule has 1 heterocycles. The molecule has 0 saturated heterocycles. The third-order valence-corrected chi connectivity index (χ3v) is 7.80. The minimum Gasteiger partial charge on any atom is -0.870 e. The highest BCUT2D eigenvalue weighted by atomic mass is 35.5. The second kappa shape index (κ2) is 15.4. The van der Waals surface area contributed by atoms with Crippen LogP contribution in [0.5, 0.6) is 11.5 Å². The number of methoxy groups -OCH3 is 2. The fourth-order valence-corrected chi connectivity index (χ4v) is 5.36. The Bertz CT molecular complexity index is 1770. The second-order valence-electron chi connectivity index (χ2n) is 9.96.